The van der Waals surface area contributed by atoms with E-state index in [1.54, 1.807) is 30.3 Å². The number of hydrogen-bond acceptors (Lipinski definition) is 5. The molecule has 0 heterocycles. The molecule has 0 radical (unpaired) electrons. The Morgan fingerprint density at radius 1 is 1.00 bits per heavy atom. The van der Waals surface area contributed by atoms with Crippen molar-refractivity contribution in [2.75, 3.05) is 20.2 Å². The van der Waals surface area contributed by atoms with Gasteiger partial charge in [0.15, 0.2) is 0 Å². The van der Waals surface area contributed by atoms with Gasteiger partial charge in [-0.2, -0.15) is 0 Å². The van der Waals surface area contributed by atoms with E-state index in [4.69, 9.17) is 21.1 Å². The number of carbonyl (C=O) groups excluding carboxylic acids is 3. The molecule has 148 valence electrons. The number of methoxy groups -OCH3 is 1. The van der Waals surface area contributed by atoms with Crippen LogP contribution in [0.5, 0.6) is 11.5 Å². The Kier molecular flexibility index (Phi) is 7.83. The van der Waals surface area contributed by atoms with E-state index in [0.717, 1.165) is 0 Å². The Bertz CT molecular complexity index is 869. The van der Waals surface area contributed by atoms with Crippen LogP contribution in [-0.2, 0) is 4.79 Å². The van der Waals surface area contributed by atoms with Crippen molar-refractivity contribution in [1.82, 2.24) is 10.6 Å². The highest BCUT2D eigenvalue weighted by Crippen LogP contribution is 2.22. The van der Waals surface area contributed by atoms with Crippen LogP contribution >= 0.6 is 11.6 Å². The first-order valence-corrected chi connectivity index (χ1v) is 8.97. The minimum Gasteiger partial charge on any atom is -0.496 e. The van der Waals surface area contributed by atoms with E-state index in [2.05, 4.69) is 10.6 Å². The maximum atomic E-state index is 12.2. The van der Waals surface area contributed by atoms with Crippen LogP contribution in [0.1, 0.15) is 34.1 Å². The van der Waals surface area contributed by atoms with Gasteiger partial charge in [0.05, 0.1) is 12.7 Å². The summed E-state index contributed by atoms with van der Waals surface area (Å²) in [6, 6.07) is 11.1. The lowest BCUT2D eigenvalue weighted by atomic mass is 10.2. The van der Waals surface area contributed by atoms with E-state index in [-0.39, 0.29) is 11.8 Å². The second kappa shape index (κ2) is 10.3. The Labute approximate surface area is 168 Å². The summed E-state index contributed by atoms with van der Waals surface area (Å²) >= 11 is 5.92. The number of esters is 1. The number of amides is 2. The molecule has 0 saturated heterocycles. The quantitative estimate of drug-likeness (QED) is 0.401. The smallest absolute Gasteiger partial charge is 0.308 e. The van der Waals surface area contributed by atoms with Crippen LogP contribution in [0.3, 0.4) is 0 Å². The van der Waals surface area contributed by atoms with Crippen LogP contribution in [0.25, 0.3) is 0 Å². The van der Waals surface area contributed by atoms with Gasteiger partial charge >= 0.3 is 5.97 Å². The lowest BCUT2D eigenvalue weighted by Gasteiger charge is -2.10. The number of halogens is 1. The topological polar surface area (TPSA) is 93.7 Å². The summed E-state index contributed by atoms with van der Waals surface area (Å²) in [7, 11) is 1.48. The number of nitrogens with one attached hydrogen (secondary N) is 2. The fraction of sp³-hybridized carbons (Fsp3) is 0.250. The number of rotatable bonds is 8. The SMILES string of the molecule is COc1ccc(Cl)cc1C(=O)NCCCNC(=O)c1cccc(OC(C)=O)c1. The first kappa shape index (κ1) is 21.2. The normalized spacial score (nSPS) is 10.1. The molecule has 0 aromatic heterocycles. The number of ether oxygens (including phenoxy) is 2. The molecule has 8 heteroatoms. The highest BCUT2D eigenvalue weighted by atomic mass is 35.5. The molecule has 2 N–H and O–H groups in total. The van der Waals surface area contributed by atoms with Gasteiger partial charge in [-0.3, -0.25) is 14.4 Å². The second-order valence-electron chi connectivity index (χ2n) is 5.83. The summed E-state index contributed by atoms with van der Waals surface area (Å²) in [5.74, 6) is -0.313. The molecule has 0 aliphatic rings. The third-order valence-corrected chi connectivity index (χ3v) is 3.92. The van der Waals surface area contributed by atoms with Crippen molar-refractivity contribution < 1.29 is 23.9 Å². The molecule has 0 aliphatic heterocycles. The van der Waals surface area contributed by atoms with Crippen molar-refractivity contribution in [2.45, 2.75) is 13.3 Å². The lowest BCUT2D eigenvalue weighted by Crippen LogP contribution is -2.30. The van der Waals surface area contributed by atoms with E-state index in [1.165, 1.54) is 26.2 Å². The second-order valence-corrected chi connectivity index (χ2v) is 6.27. The summed E-state index contributed by atoms with van der Waals surface area (Å²) in [5, 5.41) is 5.95. The van der Waals surface area contributed by atoms with Crippen molar-refractivity contribution in [2.24, 2.45) is 0 Å². The Morgan fingerprint density at radius 3 is 2.39 bits per heavy atom. The van der Waals surface area contributed by atoms with Crippen LogP contribution < -0.4 is 20.1 Å². The fourth-order valence-corrected chi connectivity index (χ4v) is 2.59. The van der Waals surface area contributed by atoms with Gasteiger partial charge < -0.3 is 20.1 Å². The average molecular weight is 405 g/mol. The summed E-state index contributed by atoms with van der Waals surface area (Å²) in [6.45, 7) is 2.02. The number of carbonyl (C=O) groups is 3. The summed E-state index contributed by atoms with van der Waals surface area (Å²) in [5.41, 5.74) is 0.729. The molecule has 2 rings (SSSR count). The maximum Gasteiger partial charge on any atom is 0.308 e. The molecule has 0 atom stereocenters. The monoisotopic (exact) mass is 404 g/mol. The van der Waals surface area contributed by atoms with Gasteiger partial charge in [0.25, 0.3) is 11.8 Å². The molecule has 0 fully saturated rings. The van der Waals surface area contributed by atoms with E-state index >= 15 is 0 Å². The molecule has 2 aromatic rings. The van der Waals surface area contributed by atoms with Gasteiger partial charge in [0, 0.05) is 30.6 Å². The zero-order valence-corrected chi connectivity index (χ0v) is 16.3. The predicted molar refractivity (Wildman–Crippen MR) is 105 cm³/mol. The number of hydrogen-bond donors (Lipinski definition) is 2. The van der Waals surface area contributed by atoms with Crippen LogP contribution in [0.4, 0.5) is 0 Å². The molecule has 0 unspecified atom stereocenters. The molecule has 0 saturated carbocycles. The zero-order valence-electron chi connectivity index (χ0n) is 15.6. The van der Waals surface area contributed by atoms with Gasteiger partial charge in [-0.25, -0.2) is 0 Å². The Balaban J connectivity index is 1.78. The fourth-order valence-electron chi connectivity index (χ4n) is 2.41. The van der Waals surface area contributed by atoms with Gasteiger partial charge in [-0.1, -0.05) is 17.7 Å². The van der Waals surface area contributed by atoms with Crippen molar-refractivity contribution in [1.29, 1.82) is 0 Å². The highest BCUT2D eigenvalue weighted by Gasteiger charge is 2.12. The molecule has 0 aliphatic carbocycles. The van der Waals surface area contributed by atoms with E-state index < -0.39 is 5.97 Å². The van der Waals surface area contributed by atoms with Crippen molar-refractivity contribution in [3.63, 3.8) is 0 Å². The number of benzene rings is 2. The van der Waals surface area contributed by atoms with Crippen LogP contribution in [0.15, 0.2) is 42.5 Å². The van der Waals surface area contributed by atoms with E-state index in [9.17, 15) is 14.4 Å². The van der Waals surface area contributed by atoms with Gasteiger partial charge in [0.2, 0.25) is 0 Å². The summed E-state index contributed by atoms with van der Waals surface area (Å²) in [6.07, 6.45) is 0.532. The van der Waals surface area contributed by atoms with Crippen molar-refractivity contribution in [3.05, 3.63) is 58.6 Å². The average Bonchev–Trinajstić information content (AvgIpc) is 2.67. The largest absolute Gasteiger partial charge is 0.496 e. The summed E-state index contributed by atoms with van der Waals surface area (Å²) < 4.78 is 10.1. The van der Waals surface area contributed by atoms with Crippen molar-refractivity contribution in [3.8, 4) is 11.5 Å². The first-order valence-electron chi connectivity index (χ1n) is 8.59. The summed E-state index contributed by atoms with van der Waals surface area (Å²) in [4.78, 5) is 35.4. The minimum absolute atomic E-state index is 0.295. The third kappa shape index (κ3) is 6.28. The van der Waals surface area contributed by atoms with E-state index in [0.29, 0.717) is 47.2 Å². The molecule has 2 amide bonds. The molecule has 28 heavy (non-hydrogen) atoms. The van der Waals surface area contributed by atoms with E-state index in [1.807, 2.05) is 0 Å². The molecule has 0 bridgehead atoms. The van der Waals surface area contributed by atoms with Gasteiger partial charge in [-0.05, 0) is 42.8 Å². The highest BCUT2D eigenvalue weighted by molar-refractivity contribution is 6.31. The third-order valence-electron chi connectivity index (χ3n) is 3.69. The standard InChI is InChI=1S/C20H21ClN2O5/c1-13(24)28-16-6-3-5-14(11-16)19(25)22-9-4-10-23-20(26)17-12-15(21)7-8-18(17)27-2/h3,5-8,11-12H,4,9-10H2,1-2H3,(H,22,25)(H,23,26). The molecular weight excluding hydrogens is 384 g/mol. The Morgan fingerprint density at radius 2 is 1.71 bits per heavy atom. The molecule has 2 aromatic carbocycles. The van der Waals surface area contributed by atoms with Crippen LogP contribution in [-0.4, -0.2) is 38.0 Å². The minimum atomic E-state index is -0.454. The van der Waals surface area contributed by atoms with Crippen LogP contribution in [0.2, 0.25) is 5.02 Å². The van der Waals surface area contributed by atoms with Gasteiger partial charge in [-0.15, -0.1) is 0 Å². The molecular formula is C20H21ClN2O5. The first-order chi connectivity index (χ1) is 13.4. The maximum absolute atomic E-state index is 12.2. The lowest BCUT2D eigenvalue weighted by molar-refractivity contribution is -0.131. The zero-order chi connectivity index (χ0) is 20.5. The van der Waals surface area contributed by atoms with Crippen LogP contribution in [0, 0.1) is 0 Å². The Hall–Kier alpha value is -3.06. The molecule has 7 nitrogen and oxygen atoms in total. The van der Waals surface area contributed by atoms with Gasteiger partial charge in [0.1, 0.15) is 11.5 Å². The molecule has 0 spiro atoms. The predicted octanol–water partition coefficient (Wildman–Crippen LogP) is 2.82. The van der Waals surface area contributed by atoms with Crippen molar-refractivity contribution >= 4 is 29.4 Å².